The average molecular weight is 417 g/mol. The van der Waals surface area contributed by atoms with Gasteiger partial charge in [0.15, 0.2) is 0 Å². The molecule has 1 aliphatic heterocycles. The maximum absolute atomic E-state index is 13.0. The van der Waals surface area contributed by atoms with E-state index in [0.29, 0.717) is 11.1 Å². The minimum Gasteiger partial charge on any atom is -0.311 e. The van der Waals surface area contributed by atoms with E-state index in [2.05, 4.69) is 4.40 Å². The van der Waals surface area contributed by atoms with Crippen molar-refractivity contribution in [2.24, 2.45) is 4.40 Å². The minimum atomic E-state index is -3.96. The van der Waals surface area contributed by atoms with E-state index in [1.54, 1.807) is 54.4 Å². The molecule has 0 bridgehead atoms. The van der Waals surface area contributed by atoms with E-state index in [4.69, 9.17) is 0 Å². The van der Waals surface area contributed by atoms with E-state index in [9.17, 15) is 13.2 Å². The molecule has 0 atom stereocenters. The van der Waals surface area contributed by atoms with Crippen LogP contribution in [0.3, 0.4) is 0 Å². The summed E-state index contributed by atoms with van der Waals surface area (Å²) in [4.78, 5) is 14.5. The Kier molecular flexibility index (Phi) is 5.10. The SMILES string of the molecule is Cc1ccc(S(=O)(=O)/N=C(/C=C2\C(=O)N(C)c3ccccc32)c2ccccc2)cc1. The summed E-state index contributed by atoms with van der Waals surface area (Å²) in [5, 5.41) is 0. The molecule has 3 aromatic rings. The highest BCUT2D eigenvalue weighted by Gasteiger charge is 2.30. The largest absolute Gasteiger partial charge is 0.311 e. The van der Waals surface area contributed by atoms with Gasteiger partial charge in [0.25, 0.3) is 15.9 Å². The van der Waals surface area contributed by atoms with Crippen molar-refractivity contribution in [1.29, 1.82) is 0 Å². The van der Waals surface area contributed by atoms with Gasteiger partial charge in [-0.15, -0.1) is 0 Å². The van der Waals surface area contributed by atoms with Crippen molar-refractivity contribution in [3.63, 3.8) is 0 Å². The number of fused-ring (bicyclic) bond motifs is 1. The third kappa shape index (κ3) is 3.69. The van der Waals surface area contributed by atoms with E-state index >= 15 is 0 Å². The number of carbonyl (C=O) groups excluding carboxylic acids is 1. The van der Waals surface area contributed by atoms with Gasteiger partial charge >= 0.3 is 0 Å². The number of benzene rings is 3. The van der Waals surface area contributed by atoms with Crippen LogP contribution >= 0.6 is 0 Å². The summed E-state index contributed by atoms with van der Waals surface area (Å²) in [7, 11) is -2.26. The molecule has 5 nitrogen and oxygen atoms in total. The normalized spacial score (nSPS) is 15.5. The molecule has 0 saturated carbocycles. The Morgan fingerprint density at radius 1 is 0.900 bits per heavy atom. The lowest BCUT2D eigenvalue weighted by atomic mass is 10.0. The van der Waals surface area contributed by atoms with Crippen molar-refractivity contribution >= 4 is 32.9 Å². The lowest BCUT2D eigenvalue weighted by molar-refractivity contribution is -0.112. The molecule has 0 fully saturated rings. The molecular formula is C24H20N2O3S. The fraction of sp³-hybridized carbons (Fsp3) is 0.0833. The van der Waals surface area contributed by atoms with Crippen LogP contribution in [-0.4, -0.2) is 27.1 Å². The monoisotopic (exact) mass is 416 g/mol. The first-order valence-electron chi connectivity index (χ1n) is 9.43. The van der Waals surface area contributed by atoms with Gasteiger partial charge in [-0.25, -0.2) is 0 Å². The molecule has 0 saturated heterocycles. The first-order valence-corrected chi connectivity index (χ1v) is 10.9. The maximum atomic E-state index is 13.0. The number of likely N-dealkylation sites (N-methyl/N-ethyl adjacent to an activating group) is 1. The van der Waals surface area contributed by atoms with Crippen molar-refractivity contribution in [2.45, 2.75) is 11.8 Å². The van der Waals surface area contributed by atoms with Crippen LogP contribution in [0.5, 0.6) is 0 Å². The van der Waals surface area contributed by atoms with Crippen molar-refractivity contribution in [3.05, 3.63) is 102 Å². The number of rotatable bonds is 4. The number of allylic oxidation sites excluding steroid dienone is 1. The molecule has 0 aliphatic carbocycles. The number of nitrogens with zero attached hydrogens (tertiary/aromatic N) is 2. The lowest BCUT2D eigenvalue weighted by Gasteiger charge is -2.08. The number of anilines is 1. The second-order valence-electron chi connectivity index (χ2n) is 7.07. The van der Waals surface area contributed by atoms with Gasteiger partial charge in [0.05, 0.1) is 21.9 Å². The molecule has 30 heavy (non-hydrogen) atoms. The fourth-order valence-corrected chi connectivity index (χ4v) is 4.34. The quantitative estimate of drug-likeness (QED) is 0.472. The second kappa shape index (κ2) is 7.72. The number of aryl methyl sites for hydroxylation is 1. The highest BCUT2D eigenvalue weighted by molar-refractivity contribution is 7.90. The van der Waals surface area contributed by atoms with E-state index in [0.717, 1.165) is 16.8 Å². The highest BCUT2D eigenvalue weighted by atomic mass is 32.2. The third-order valence-electron chi connectivity index (χ3n) is 4.98. The lowest BCUT2D eigenvalue weighted by Crippen LogP contribution is -2.20. The molecule has 0 radical (unpaired) electrons. The summed E-state index contributed by atoms with van der Waals surface area (Å²) in [5.41, 5.74) is 3.73. The van der Waals surface area contributed by atoms with Crippen LogP contribution in [0.1, 0.15) is 16.7 Å². The third-order valence-corrected chi connectivity index (χ3v) is 6.28. The standard InChI is InChI=1S/C24H20N2O3S/c1-17-12-14-19(15-13-17)30(28,29)25-22(18-8-4-3-5-9-18)16-21-20-10-6-7-11-23(20)26(2)24(21)27/h3-16H,1-2H3/b21-16-,25-22-. The average Bonchev–Trinajstić information content (AvgIpc) is 2.99. The van der Waals surface area contributed by atoms with Gasteiger partial charge < -0.3 is 4.90 Å². The van der Waals surface area contributed by atoms with Gasteiger partial charge in [0.2, 0.25) is 0 Å². The van der Waals surface area contributed by atoms with Crippen molar-refractivity contribution in [3.8, 4) is 0 Å². The molecule has 0 unspecified atom stereocenters. The van der Waals surface area contributed by atoms with Crippen LogP contribution in [0, 0.1) is 6.92 Å². The van der Waals surface area contributed by atoms with Crippen molar-refractivity contribution in [1.82, 2.24) is 0 Å². The zero-order valence-corrected chi connectivity index (χ0v) is 17.4. The summed E-state index contributed by atoms with van der Waals surface area (Å²) in [6.45, 7) is 1.89. The van der Waals surface area contributed by atoms with E-state index < -0.39 is 10.0 Å². The molecule has 0 N–H and O–H groups in total. The van der Waals surface area contributed by atoms with E-state index in [1.165, 1.54) is 12.1 Å². The van der Waals surface area contributed by atoms with Gasteiger partial charge in [-0.1, -0.05) is 66.2 Å². The van der Waals surface area contributed by atoms with Gasteiger partial charge in [-0.2, -0.15) is 12.8 Å². The van der Waals surface area contributed by atoms with Crippen LogP contribution in [0.2, 0.25) is 0 Å². The van der Waals surface area contributed by atoms with Gasteiger partial charge in [-0.3, -0.25) is 4.79 Å². The summed E-state index contributed by atoms with van der Waals surface area (Å²) in [6, 6.07) is 22.9. The number of hydrogen-bond donors (Lipinski definition) is 0. The zero-order valence-electron chi connectivity index (χ0n) is 16.6. The zero-order chi connectivity index (χ0) is 21.3. The molecule has 0 spiro atoms. The van der Waals surface area contributed by atoms with Gasteiger partial charge in [0.1, 0.15) is 0 Å². The Morgan fingerprint density at radius 3 is 2.23 bits per heavy atom. The number of sulfonamides is 1. The van der Waals surface area contributed by atoms with Crippen LogP contribution in [0.4, 0.5) is 5.69 Å². The predicted octanol–water partition coefficient (Wildman–Crippen LogP) is 4.23. The van der Waals surface area contributed by atoms with E-state index in [-0.39, 0.29) is 16.5 Å². The van der Waals surface area contributed by atoms with Crippen molar-refractivity contribution < 1.29 is 13.2 Å². The van der Waals surface area contributed by atoms with Crippen LogP contribution in [-0.2, 0) is 14.8 Å². The number of amides is 1. The molecule has 1 heterocycles. The Balaban J connectivity index is 1.89. The van der Waals surface area contributed by atoms with Crippen LogP contribution < -0.4 is 4.90 Å². The molecule has 1 amide bonds. The molecule has 3 aromatic carbocycles. The second-order valence-corrected chi connectivity index (χ2v) is 8.67. The minimum absolute atomic E-state index is 0.107. The van der Waals surface area contributed by atoms with Gasteiger partial charge in [-0.05, 0) is 31.2 Å². The Labute approximate surface area is 176 Å². The van der Waals surface area contributed by atoms with Gasteiger partial charge in [0, 0.05) is 18.2 Å². The molecule has 1 aliphatic rings. The first kappa shape index (κ1) is 19.8. The topological polar surface area (TPSA) is 66.8 Å². The van der Waals surface area contributed by atoms with Crippen LogP contribution in [0.25, 0.3) is 5.57 Å². The molecule has 6 heteroatoms. The number of hydrogen-bond acceptors (Lipinski definition) is 3. The van der Waals surface area contributed by atoms with Crippen LogP contribution in [0.15, 0.2) is 94.2 Å². The summed E-state index contributed by atoms with van der Waals surface area (Å²) in [6.07, 6.45) is 1.56. The molecular weight excluding hydrogens is 396 g/mol. The number of carbonyl (C=O) groups is 1. The first-order chi connectivity index (χ1) is 14.4. The molecule has 0 aromatic heterocycles. The fourth-order valence-electron chi connectivity index (χ4n) is 3.34. The summed E-state index contributed by atoms with van der Waals surface area (Å²) >= 11 is 0. The summed E-state index contributed by atoms with van der Waals surface area (Å²) < 4.78 is 30.1. The molecule has 150 valence electrons. The maximum Gasteiger partial charge on any atom is 0.282 e. The Hall–Kier alpha value is -3.51. The number of para-hydroxylation sites is 1. The predicted molar refractivity (Wildman–Crippen MR) is 119 cm³/mol. The molecule has 4 rings (SSSR count). The highest BCUT2D eigenvalue weighted by Crippen LogP contribution is 2.35. The Bertz CT molecular complexity index is 1280. The Morgan fingerprint density at radius 2 is 1.53 bits per heavy atom. The summed E-state index contributed by atoms with van der Waals surface area (Å²) in [5.74, 6) is -0.201. The smallest absolute Gasteiger partial charge is 0.282 e. The van der Waals surface area contributed by atoms with Crippen molar-refractivity contribution in [2.75, 3.05) is 11.9 Å². The van der Waals surface area contributed by atoms with E-state index in [1.807, 2.05) is 37.3 Å².